The Morgan fingerprint density at radius 2 is 2.12 bits per heavy atom. The molecule has 2 aromatic rings. The highest BCUT2D eigenvalue weighted by Crippen LogP contribution is 2.43. The van der Waals surface area contributed by atoms with Gasteiger partial charge in [0.1, 0.15) is 0 Å². The highest BCUT2D eigenvalue weighted by atomic mass is 35.5. The fourth-order valence-corrected chi connectivity index (χ4v) is 4.74. The zero-order valence-electron chi connectivity index (χ0n) is 14.3. The van der Waals surface area contributed by atoms with Crippen LogP contribution in [0.15, 0.2) is 24.3 Å². The van der Waals surface area contributed by atoms with Crippen LogP contribution in [0.25, 0.3) is 0 Å². The molecule has 3 N–H and O–H groups in total. The van der Waals surface area contributed by atoms with Gasteiger partial charge in [0, 0.05) is 15.6 Å². The molecule has 0 fully saturated rings. The molecule has 5 heteroatoms. The summed E-state index contributed by atoms with van der Waals surface area (Å²) in [6, 6.07) is 7.17. The largest absolute Gasteiger partial charge is 0.390 e. The number of anilines is 2. The fraction of sp³-hybridized carbons (Fsp3) is 0.421. The maximum absolute atomic E-state index is 12.7. The Bertz CT molecular complexity index is 776. The van der Waals surface area contributed by atoms with Gasteiger partial charge in [-0.25, -0.2) is 0 Å². The van der Waals surface area contributed by atoms with Crippen LogP contribution in [0.5, 0.6) is 0 Å². The quantitative estimate of drug-likeness (QED) is 0.752. The van der Waals surface area contributed by atoms with Crippen molar-refractivity contribution in [3.8, 4) is 0 Å². The van der Waals surface area contributed by atoms with E-state index in [0.29, 0.717) is 27.2 Å². The summed E-state index contributed by atoms with van der Waals surface area (Å²) < 4.78 is 0. The van der Waals surface area contributed by atoms with Gasteiger partial charge < -0.3 is 11.1 Å². The second-order valence-electron chi connectivity index (χ2n) is 7.51. The normalized spacial score (nSPS) is 17.4. The number of hydrogen-bond acceptors (Lipinski definition) is 3. The Labute approximate surface area is 152 Å². The van der Waals surface area contributed by atoms with Gasteiger partial charge in [0.05, 0.1) is 10.6 Å². The first-order valence-electron chi connectivity index (χ1n) is 8.22. The van der Waals surface area contributed by atoms with E-state index in [2.05, 4.69) is 26.1 Å². The van der Waals surface area contributed by atoms with E-state index in [-0.39, 0.29) is 11.3 Å². The molecule has 0 unspecified atom stereocenters. The molecule has 1 aliphatic carbocycles. The molecule has 0 bridgehead atoms. The van der Waals surface area contributed by atoms with Crippen molar-refractivity contribution in [3.63, 3.8) is 0 Å². The first-order chi connectivity index (χ1) is 11.3. The monoisotopic (exact) mass is 362 g/mol. The number of thiophene rings is 1. The van der Waals surface area contributed by atoms with E-state index >= 15 is 0 Å². The Hall–Kier alpha value is -1.52. The van der Waals surface area contributed by atoms with Gasteiger partial charge in [-0.2, -0.15) is 0 Å². The average Bonchev–Trinajstić information content (AvgIpc) is 2.81. The molecule has 1 aromatic carbocycles. The van der Waals surface area contributed by atoms with Crippen LogP contribution in [0.2, 0.25) is 5.02 Å². The number of hydrogen-bond donors (Lipinski definition) is 2. The van der Waals surface area contributed by atoms with Gasteiger partial charge in [-0.05, 0) is 54.4 Å². The number of carbonyl (C=O) groups excluding carboxylic acids is 1. The minimum atomic E-state index is -0.138. The lowest BCUT2D eigenvalue weighted by Gasteiger charge is -2.33. The van der Waals surface area contributed by atoms with Crippen LogP contribution in [0, 0.1) is 11.3 Å². The maximum Gasteiger partial charge on any atom is 0.258 e. The second kappa shape index (κ2) is 6.41. The molecule has 1 atom stereocenters. The number of fused-ring (bicyclic) bond motifs is 1. The van der Waals surface area contributed by atoms with Crippen molar-refractivity contribution in [2.24, 2.45) is 11.3 Å². The van der Waals surface area contributed by atoms with Gasteiger partial charge in [0.25, 0.3) is 5.91 Å². The first-order valence-corrected chi connectivity index (χ1v) is 9.42. The second-order valence-corrected chi connectivity index (χ2v) is 9.09. The molecular weight excluding hydrogens is 340 g/mol. The SMILES string of the molecule is CC(C)(C)[C@@H]1CCc2c(sc(N)c2C(=O)Nc2cccc(Cl)c2)C1. The van der Waals surface area contributed by atoms with Crippen molar-refractivity contribution >= 4 is 39.5 Å². The summed E-state index contributed by atoms with van der Waals surface area (Å²) in [6.45, 7) is 6.85. The molecule has 0 aliphatic heterocycles. The van der Waals surface area contributed by atoms with Crippen LogP contribution in [0.3, 0.4) is 0 Å². The van der Waals surface area contributed by atoms with E-state index in [1.165, 1.54) is 4.88 Å². The molecule has 1 heterocycles. The summed E-state index contributed by atoms with van der Waals surface area (Å²) in [7, 11) is 0. The fourth-order valence-electron chi connectivity index (χ4n) is 3.36. The molecular formula is C19H23ClN2OS. The van der Waals surface area contributed by atoms with Crippen LogP contribution < -0.4 is 11.1 Å². The Morgan fingerprint density at radius 1 is 1.38 bits per heavy atom. The van der Waals surface area contributed by atoms with Crippen molar-refractivity contribution < 1.29 is 4.79 Å². The molecule has 1 aromatic heterocycles. The summed E-state index contributed by atoms with van der Waals surface area (Å²) in [5.74, 6) is 0.494. The smallest absolute Gasteiger partial charge is 0.258 e. The van der Waals surface area contributed by atoms with Crippen molar-refractivity contribution in [2.75, 3.05) is 11.1 Å². The lowest BCUT2D eigenvalue weighted by atomic mass is 9.72. The Kier molecular flexibility index (Phi) is 4.63. The van der Waals surface area contributed by atoms with E-state index < -0.39 is 0 Å². The van der Waals surface area contributed by atoms with Gasteiger partial charge in [-0.3, -0.25) is 4.79 Å². The third kappa shape index (κ3) is 3.45. The highest BCUT2D eigenvalue weighted by Gasteiger charge is 2.33. The summed E-state index contributed by atoms with van der Waals surface area (Å²) in [6.07, 6.45) is 3.03. The zero-order chi connectivity index (χ0) is 17.5. The van der Waals surface area contributed by atoms with E-state index in [0.717, 1.165) is 24.8 Å². The van der Waals surface area contributed by atoms with Gasteiger partial charge in [-0.1, -0.05) is 38.4 Å². The summed E-state index contributed by atoms with van der Waals surface area (Å²) in [5.41, 5.74) is 8.95. The maximum atomic E-state index is 12.7. The summed E-state index contributed by atoms with van der Waals surface area (Å²) in [4.78, 5) is 14.0. The molecule has 0 radical (unpaired) electrons. The third-order valence-corrected chi connectivity index (χ3v) is 6.15. The number of amides is 1. The predicted molar refractivity (Wildman–Crippen MR) is 103 cm³/mol. The zero-order valence-corrected chi connectivity index (χ0v) is 15.9. The van der Waals surface area contributed by atoms with Gasteiger partial charge in [0.15, 0.2) is 0 Å². The van der Waals surface area contributed by atoms with Gasteiger partial charge in [0.2, 0.25) is 0 Å². The topological polar surface area (TPSA) is 55.1 Å². The number of rotatable bonds is 2. The average molecular weight is 363 g/mol. The van der Waals surface area contributed by atoms with Crippen LogP contribution >= 0.6 is 22.9 Å². The minimum Gasteiger partial charge on any atom is -0.390 e. The van der Waals surface area contributed by atoms with Crippen LogP contribution in [-0.2, 0) is 12.8 Å². The van der Waals surface area contributed by atoms with E-state index in [9.17, 15) is 4.79 Å². The van der Waals surface area contributed by atoms with E-state index in [4.69, 9.17) is 17.3 Å². The Balaban J connectivity index is 1.85. The lowest BCUT2D eigenvalue weighted by molar-refractivity contribution is 0.102. The molecule has 0 spiro atoms. The van der Waals surface area contributed by atoms with E-state index in [1.54, 1.807) is 23.5 Å². The Morgan fingerprint density at radius 3 is 2.79 bits per heavy atom. The summed E-state index contributed by atoms with van der Waals surface area (Å²) >= 11 is 7.55. The van der Waals surface area contributed by atoms with Crippen molar-refractivity contribution in [1.29, 1.82) is 0 Å². The minimum absolute atomic E-state index is 0.138. The van der Waals surface area contributed by atoms with Crippen molar-refractivity contribution in [3.05, 3.63) is 45.3 Å². The molecule has 3 nitrogen and oxygen atoms in total. The van der Waals surface area contributed by atoms with Crippen LogP contribution in [-0.4, -0.2) is 5.91 Å². The molecule has 0 saturated carbocycles. The molecule has 24 heavy (non-hydrogen) atoms. The molecule has 0 saturated heterocycles. The first kappa shape index (κ1) is 17.3. The van der Waals surface area contributed by atoms with Crippen LogP contribution in [0.1, 0.15) is 48.0 Å². The van der Waals surface area contributed by atoms with Gasteiger partial charge >= 0.3 is 0 Å². The number of nitrogen functional groups attached to an aromatic ring is 1. The third-order valence-electron chi connectivity index (χ3n) is 4.83. The predicted octanol–water partition coefficient (Wildman–Crippen LogP) is 5.39. The number of nitrogens with one attached hydrogen (secondary N) is 1. The highest BCUT2D eigenvalue weighted by molar-refractivity contribution is 7.16. The lowest BCUT2D eigenvalue weighted by Crippen LogP contribution is -2.27. The number of carbonyl (C=O) groups is 1. The van der Waals surface area contributed by atoms with Gasteiger partial charge in [-0.15, -0.1) is 11.3 Å². The molecule has 128 valence electrons. The summed E-state index contributed by atoms with van der Waals surface area (Å²) in [5, 5.41) is 4.14. The number of halogens is 1. The van der Waals surface area contributed by atoms with Crippen molar-refractivity contribution in [2.45, 2.75) is 40.0 Å². The number of nitrogens with two attached hydrogens (primary N) is 1. The molecule has 1 amide bonds. The van der Waals surface area contributed by atoms with Crippen LogP contribution in [0.4, 0.5) is 10.7 Å². The van der Waals surface area contributed by atoms with Crippen molar-refractivity contribution in [1.82, 2.24) is 0 Å². The standard InChI is InChI=1S/C19H23ClN2OS/c1-19(2,3)11-7-8-14-15(9-11)24-17(21)16(14)18(23)22-13-6-4-5-12(20)10-13/h4-6,10-11H,7-9,21H2,1-3H3,(H,22,23)/t11-/m1/s1. The molecule has 3 rings (SSSR count). The van der Waals surface area contributed by atoms with E-state index in [1.807, 2.05) is 12.1 Å². The number of benzene rings is 1. The molecule has 1 aliphatic rings.